The number of carbonyl (C=O) groups excluding carboxylic acids is 1. The van der Waals surface area contributed by atoms with Gasteiger partial charge in [-0.05, 0) is 25.7 Å². The van der Waals surface area contributed by atoms with Gasteiger partial charge in [0.15, 0.2) is 0 Å². The standard InChI is InChI=1S/C10H17BrO2/c1-2-10(5-3-6-10)9(12)13-8-4-7-11/h2-8H2,1H3. The van der Waals surface area contributed by atoms with Gasteiger partial charge in [-0.15, -0.1) is 0 Å². The fourth-order valence-corrected chi connectivity index (χ4v) is 1.91. The number of esters is 1. The second-order valence-electron chi connectivity index (χ2n) is 3.67. The van der Waals surface area contributed by atoms with Crippen LogP contribution in [0.5, 0.6) is 0 Å². The predicted octanol–water partition coefficient (Wildman–Crippen LogP) is 2.89. The smallest absolute Gasteiger partial charge is 0.312 e. The van der Waals surface area contributed by atoms with Crippen molar-refractivity contribution in [1.29, 1.82) is 0 Å². The lowest BCUT2D eigenvalue weighted by molar-refractivity contribution is -0.161. The lowest BCUT2D eigenvalue weighted by Gasteiger charge is -2.38. The summed E-state index contributed by atoms with van der Waals surface area (Å²) in [6, 6.07) is 0. The molecular weight excluding hydrogens is 232 g/mol. The minimum absolute atomic E-state index is 0.0298. The van der Waals surface area contributed by atoms with Crippen LogP contribution in [0.2, 0.25) is 0 Å². The first kappa shape index (κ1) is 11.0. The van der Waals surface area contributed by atoms with Crippen molar-refractivity contribution in [3.8, 4) is 0 Å². The van der Waals surface area contributed by atoms with E-state index in [1.807, 2.05) is 0 Å². The Morgan fingerprint density at radius 1 is 1.54 bits per heavy atom. The van der Waals surface area contributed by atoms with Crippen LogP contribution in [0.3, 0.4) is 0 Å². The topological polar surface area (TPSA) is 26.3 Å². The van der Waals surface area contributed by atoms with Gasteiger partial charge in [-0.1, -0.05) is 29.3 Å². The predicted molar refractivity (Wildman–Crippen MR) is 55.9 cm³/mol. The highest BCUT2D eigenvalue weighted by Crippen LogP contribution is 2.44. The molecule has 0 aliphatic heterocycles. The molecular formula is C10H17BrO2. The third kappa shape index (κ3) is 2.46. The van der Waals surface area contributed by atoms with Gasteiger partial charge in [0.2, 0.25) is 0 Å². The maximum absolute atomic E-state index is 11.6. The van der Waals surface area contributed by atoms with Gasteiger partial charge < -0.3 is 4.74 Å². The van der Waals surface area contributed by atoms with Crippen LogP contribution in [0.4, 0.5) is 0 Å². The summed E-state index contributed by atoms with van der Waals surface area (Å²) in [5, 5.41) is 0.902. The van der Waals surface area contributed by atoms with E-state index in [9.17, 15) is 4.79 Å². The number of carbonyl (C=O) groups is 1. The number of ether oxygens (including phenoxy) is 1. The van der Waals surface area contributed by atoms with Crippen molar-refractivity contribution in [2.75, 3.05) is 11.9 Å². The van der Waals surface area contributed by atoms with E-state index in [1.165, 1.54) is 6.42 Å². The quantitative estimate of drug-likeness (QED) is 0.425. The Bertz CT molecular complexity index is 170. The normalized spacial score (nSPS) is 19.2. The van der Waals surface area contributed by atoms with Crippen molar-refractivity contribution in [3.05, 3.63) is 0 Å². The van der Waals surface area contributed by atoms with Gasteiger partial charge in [0.25, 0.3) is 0 Å². The van der Waals surface area contributed by atoms with Crippen molar-refractivity contribution in [3.63, 3.8) is 0 Å². The molecule has 76 valence electrons. The van der Waals surface area contributed by atoms with Gasteiger partial charge in [0.1, 0.15) is 0 Å². The van der Waals surface area contributed by atoms with Crippen LogP contribution in [0, 0.1) is 5.41 Å². The zero-order chi connectivity index (χ0) is 9.73. The van der Waals surface area contributed by atoms with Crippen molar-refractivity contribution in [1.82, 2.24) is 0 Å². The van der Waals surface area contributed by atoms with E-state index in [4.69, 9.17) is 4.74 Å². The fraction of sp³-hybridized carbons (Fsp3) is 0.900. The van der Waals surface area contributed by atoms with Gasteiger partial charge >= 0.3 is 5.97 Å². The molecule has 0 atom stereocenters. The van der Waals surface area contributed by atoms with Crippen LogP contribution in [-0.2, 0) is 9.53 Å². The number of alkyl halides is 1. The van der Waals surface area contributed by atoms with E-state index in [-0.39, 0.29) is 11.4 Å². The highest BCUT2D eigenvalue weighted by Gasteiger charge is 2.43. The fourth-order valence-electron chi connectivity index (χ4n) is 1.68. The molecule has 1 rings (SSSR count). The Morgan fingerprint density at radius 2 is 2.23 bits per heavy atom. The van der Waals surface area contributed by atoms with Crippen molar-refractivity contribution in [2.24, 2.45) is 5.41 Å². The molecule has 0 saturated heterocycles. The highest BCUT2D eigenvalue weighted by atomic mass is 79.9. The molecule has 13 heavy (non-hydrogen) atoms. The van der Waals surface area contributed by atoms with Crippen LogP contribution in [-0.4, -0.2) is 17.9 Å². The second-order valence-corrected chi connectivity index (χ2v) is 4.46. The van der Waals surface area contributed by atoms with Crippen molar-refractivity contribution >= 4 is 21.9 Å². The first-order valence-electron chi connectivity index (χ1n) is 4.98. The largest absolute Gasteiger partial charge is 0.465 e. The second kappa shape index (κ2) is 4.99. The molecule has 1 saturated carbocycles. The molecule has 0 bridgehead atoms. The monoisotopic (exact) mass is 248 g/mol. The first-order valence-corrected chi connectivity index (χ1v) is 6.10. The minimum Gasteiger partial charge on any atom is -0.465 e. The van der Waals surface area contributed by atoms with E-state index in [0.29, 0.717) is 6.61 Å². The van der Waals surface area contributed by atoms with E-state index in [0.717, 1.165) is 31.0 Å². The minimum atomic E-state index is -0.105. The molecule has 2 nitrogen and oxygen atoms in total. The maximum Gasteiger partial charge on any atom is 0.312 e. The lowest BCUT2D eigenvalue weighted by atomic mass is 9.67. The van der Waals surface area contributed by atoms with Gasteiger partial charge in [-0.25, -0.2) is 0 Å². The van der Waals surface area contributed by atoms with E-state index >= 15 is 0 Å². The third-order valence-corrected chi connectivity index (χ3v) is 3.49. The van der Waals surface area contributed by atoms with Gasteiger partial charge in [0, 0.05) is 5.33 Å². The van der Waals surface area contributed by atoms with Gasteiger partial charge in [-0.2, -0.15) is 0 Å². The molecule has 0 amide bonds. The first-order chi connectivity index (χ1) is 6.25. The zero-order valence-corrected chi connectivity index (χ0v) is 9.73. The van der Waals surface area contributed by atoms with E-state index < -0.39 is 0 Å². The molecule has 0 radical (unpaired) electrons. The number of halogens is 1. The summed E-state index contributed by atoms with van der Waals surface area (Å²) >= 11 is 3.31. The van der Waals surface area contributed by atoms with Crippen molar-refractivity contribution < 1.29 is 9.53 Å². The molecule has 0 aromatic heterocycles. The maximum atomic E-state index is 11.6. The van der Waals surface area contributed by atoms with Crippen LogP contribution >= 0.6 is 15.9 Å². The molecule has 0 heterocycles. The molecule has 0 aromatic rings. The average Bonchev–Trinajstić information content (AvgIpc) is 2.04. The van der Waals surface area contributed by atoms with Crippen LogP contribution in [0.15, 0.2) is 0 Å². The van der Waals surface area contributed by atoms with E-state index in [2.05, 4.69) is 22.9 Å². The summed E-state index contributed by atoms with van der Waals surface area (Å²) in [6.07, 6.45) is 5.07. The number of hydrogen-bond donors (Lipinski definition) is 0. The molecule has 1 aliphatic rings. The molecule has 0 unspecified atom stereocenters. The van der Waals surface area contributed by atoms with Crippen LogP contribution in [0.25, 0.3) is 0 Å². The molecule has 0 spiro atoms. The summed E-state index contributed by atoms with van der Waals surface area (Å²) in [7, 11) is 0. The number of hydrogen-bond acceptors (Lipinski definition) is 2. The Labute approximate surface area is 88.2 Å². The van der Waals surface area contributed by atoms with Crippen molar-refractivity contribution in [2.45, 2.75) is 39.0 Å². The molecule has 1 fully saturated rings. The van der Waals surface area contributed by atoms with E-state index in [1.54, 1.807) is 0 Å². The average molecular weight is 249 g/mol. The van der Waals surface area contributed by atoms with Gasteiger partial charge in [-0.3, -0.25) is 4.79 Å². The Kier molecular flexibility index (Phi) is 4.23. The Morgan fingerprint density at radius 3 is 2.62 bits per heavy atom. The summed E-state index contributed by atoms with van der Waals surface area (Å²) in [6.45, 7) is 2.64. The van der Waals surface area contributed by atoms with Crippen LogP contribution in [0.1, 0.15) is 39.0 Å². The summed E-state index contributed by atoms with van der Waals surface area (Å²) in [5.41, 5.74) is -0.105. The summed E-state index contributed by atoms with van der Waals surface area (Å²) in [5.74, 6) is 0.0298. The lowest BCUT2D eigenvalue weighted by Crippen LogP contribution is -2.38. The molecule has 0 aromatic carbocycles. The molecule has 3 heteroatoms. The summed E-state index contributed by atoms with van der Waals surface area (Å²) in [4.78, 5) is 11.6. The Balaban J connectivity index is 2.28. The molecule has 1 aliphatic carbocycles. The summed E-state index contributed by atoms with van der Waals surface area (Å²) < 4.78 is 5.21. The van der Waals surface area contributed by atoms with Gasteiger partial charge in [0.05, 0.1) is 12.0 Å². The zero-order valence-electron chi connectivity index (χ0n) is 8.14. The number of rotatable bonds is 5. The third-order valence-electron chi connectivity index (χ3n) is 2.93. The van der Waals surface area contributed by atoms with Crippen LogP contribution < -0.4 is 0 Å². The SMILES string of the molecule is CCC1(C(=O)OCCCBr)CCC1. The molecule has 0 N–H and O–H groups in total. The Hall–Kier alpha value is -0.0500. The highest BCUT2D eigenvalue weighted by molar-refractivity contribution is 9.09.